The summed E-state index contributed by atoms with van der Waals surface area (Å²) in [6.07, 6.45) is -0.545. The predicted octanol–water partition coefficient (Wildman–Crippen LogP) is 5.88. The first-order valence-electron chi connectivity index (χ1n) is 9.49. The van der Waals surface area contributed by atoms with Crippen molar-refractivity contribution in [2.45, 2.75) is 6.61 Å². The second-order valence-electron chi connectivity index (χ2n) is 6.71. The zero-order chi connectivity index (χ0) is 20.8. The van der Waals surface area contributed by atoms with Crippen molar-refractivity contribution in [3.63, 3.8) is 0 Å². The molecule has 146 valence electrons. The summed E-state index contributed by atoms with van der Waals surface area (Å²) in [6.45, 7) is 0.156. The Kier molecular flexibility index (Phi) is 5.59. The Balaban J connectivity index is 1.64. The fourth-order valence-electron chi connectivity index (χ4n) is 3.10. The summed E-state index contributed by atoms with van der Waals surface area (Å²) >= 11 is 0. The van der Waals surface area contributed by atoms with Crippen LogP contribution in [-0.2, 0) is 11.3 Å². The van der Waals surface area contributed by atoms with Crippen LogP contribution < -0.4 is 10.4 Å². The summed E-state index contributed by atoms with van der Waals surface area (Å²) in [5.41, 5.74) is 5.72. The molecule has 1 N–H and O–H groups in total. The van der Waals surface area contributed by atoms with Crippen molar-refractivity contribution in [3.8, 4) is 6.07 Å². The molecule has 5 nitrogen and oxygen atoms in total. The van der Waals surface area contributed by atoms with E-state index < -0.39 is 6.09 Å². The Morgan fingerprint density at radius 3 is 2.43 bits per heavy atom. The number of ether oxygens (including phenoxy) is 1. The highest BCUT2D eigenvalue weighted by molar-refractivity contribution is 5.94. The van der Waals surface area contributed by atoms with Crippen LogP contribution in [0.4, 0.5) is 16.2 Å². The van der Waals surface area contributed by atoms with Crippen molar-refractivity contribution in [3.05, 3.63) is 108 Å². The molecule has 0 aliphatic carbocycles. The molecule has 0 heterocycles. The molecular weight excluding hydrogens is 374 g/mol. The van der Waals surface area contributed by atoms with Gasteiger partial charge in [-0.25, -0.2) is 4.79 Å². The zero-order valence-electron chi connectivity index (χ0n) is 16.2. The van der Waals surface area contributed by atoms with Gasteiger partial charge in [0.25, 0.3) is 0 Å². The third-order valence-corrected chi connectivity index (χ3v) is 4.61. The normalized spacial score (nSPS) is 10.2. The molecule has 4 rings (SSSR count). The molecule has 4 aromatic rings. The summed E-state index contributed by atoms with van der Waals surface area (Å²) in [5, 5.41) is 12.6. The first-order chi connectivity index (χ1) is 14.7. The van der Waals surface area contributed by atoms with Crippen molar-refractivity contribution in [2.75, 3.05) is 10.4 Å². The highest BCUT2D eigenvalue weighted by Gasteiger charge is 2.18. The molecule has 0 aliphatic rings. The van der Waals surface area contributed by atoms with E-state index in [0.29, 0.717) is 16.9 Å². The molecule has 0 radical (unpaired) electrons. The Morgan fingerprint density at radius 1 is 0.867 bits per heavy atom. The number of nitriles is 1. The van der Waals surface area contributed by atoms with Gasteiger partial charge < -0.3 is 4.74 Å². The van der Waals surface area contributed by atoms with Crippen LogP contribution in [0.3, 0.4) is 0 Å². The summed E-state index contributed by atoms with van der Waals surface area (Å²) in [7, 11) is 0. The molecular formula is C25H19N3O2. The number of anilines is 2. The van der Waals surface area contributed by atoms with Crippen molar-refractivity contribution in [1.29, 1.82) is 5.26 Å². The number of carbonyl (C=O) groups is 1. The van der Waals surface area contributed by atoms with Gasteiger partial charge in [-0.15, -0.1) is 0 Å². The highest BCUT2D eigenvalue weighted by atomic mass is 16.6. The van der Waals surface area contributed by atoms with Gasteiger partial charge in [0, 0.05) is 0 Å². The van der Waals surface area contributed by atoms with E-state index in [1.807, 2.05) is 72.8 Å². The Labute approximate surface area is 174 Å². The lowest BCUT2D eigenvalue weighted by Gasteiger charge is -2.24. The van der Waals surface area contributed by atoms with E-state index >= 15 is 0 Å². The van der Waals surface area contributed by atoms with Gasteiger partial charge in [0.15, 0.2) is 0 Å². The average molecular weight is 393 g/mol. The Hall–Kier alpha value is -4.30. The van der Waals surface area contributed by atoms with E-state index in [1.165, 1.54) is 5.01 Å². The number of carbonyl (C=O) groups excluding carboxylic acids is 1. The standard InChI is InChI=1S/C25H19N3O2/c26-17-20-9-6-12-23(15-20)27-28(25(29)30-18-19-7-2-1-3-8-19)24-14-13-21-10-4-5-11-22(21)16-24/h1-16,27H,18H2. The molecule has 0 aromatic heterocycles. The SMILES string of the molecule is N#Cc1cccc(NN(C(=O)OCc2ccccc2)c2ccc3ccccc3c2)c1. The second kappa shape index (κ2) is 8.80. The van der Waals surface area contributed by atoms with Crippen LogP contribution in [-0.4, -0.2) is 6.09 Å². The third kappa shape index (κ3) is 4.40. The molecule has 0 saturated heterocycles. The molecule has 0 aliphatic heterocycles. The van der Waals surface area contributed by atoms with Gasteiger partial charge in [-0.05, 0) is 46.7 Å². The van der Waals surface area contributed by atoms with Gasteiger partial charge in [-0.2, -0.15) is 10.3 Å². The van der Waals surface area contributed by atoms with Crippen LogP contribution in [0.2, 0.25) is 0 Å². The van der Waals surface area contributed by atoms with E-state index in [0.717, 1.165) is 16.3 Å². The number of rotatable bonds is 5. The van der Waals surface area contributed by atoms with Gasteiger partial charge in [-0.1, -0.05) is 66.7 Å². The maximum absolute atomic E-state index is 13.0. The minimum atomic E-state index is -0.545. The van der Waals surface area contributed by atoms with Gasteiger partial charge in [0.05, 0.1) is 23.0 Å². The van der Waals surface area contributed by atoms with Crippen molar-refractivity contribution in [1.82, 2.24) is 0 Å². The number of nitrogens with zero attached hydrogens (tertiary/aromatic N) is 2. The quantitative estimate of drug-likeness (QED) is 0.430. The Bertz CT molecular complexity index is 1220. The largest absolute Gasteiger partial charge is 0.443 e. The minimum Gasteiger partial charge on any atom is -0.443 e. The first-order valence-corrected chi connectivity index (χ1v) is 9.49. The summed E-state index contributed by atoms with van der Waals surface area (Å²) in [6, 6.07) is 32.2. The maximum Gasteiger partial charge on any atom is 0.433 e. The lowest BCUT2D eigenvalue weighted by molar-refractivity contribution is 0.148. The topological polar surface area (TPSA) is 65.4 Å². The molecule has 30 heavy (non-hydrogen) atoms. The van der Waals surface area contributed by atoms with E-state index in [2.05, 4.69) is 11.5 Å². The van der Waals surface area contributed by atoms with Gasteiger partial charge in [0.2, 0.25) is 0 Å². The number of hydrazine groups is 1. The van der Waals surface area contributed by atoms with Gasteiger partial charge in [0.1, 0.15) is 6.61 Å². The number of nitrogens with one attached hydrogen (secondary N) is 1. The Morgan fingerprint density at radius 2 is 1.63 bits per heavy atom. The third-order valence-electron chi connectivity index (χ3n) is 4.61. The molecule has 0 unspecified atom stereocenters. The molecule has 0 fully saturated rings. The predicted molar refractivity (Wildman–Crippen MR) is 118 cm³/mol. The maximum atomic E-state index is 13.0. The molecule has 1 amide bonds. The van der Waals surface area contributed by atoms with Crippen LogP contribution in [0.1, 0.15) is 11.1 Å². The van der Waals surface area contributed by atoms with E-state index in [-0.39, 0.29) is 6.61 Å². The van der Waals surface area contributed by atoms with Crippen LogP contribution in [0.5, 0.6) is 0 Å². The number of hydrogen-bond donors (Lipinski definition) is 1. The van der Waals surface area contributed by atoms with Crippen molar-refractivity contribution < 1.29 is 9.53 Å². The van der Waals surface area contributed by atoms with E-state index in [1.54, 1.807) is 24.3 Å². The fourth-order valence-corrected chi connectivity index (χ4v) is 3.10. The van der Waals surface area contributed by atoms with Crippen molar-refractivity contribution >= 4 is 28.2 Å². The smallest absolute Gasteiger partial charge is 0.433 e. The van der Waals surface area contributed by atoms with E-state index in [9.17, 15) is 4.79 Å². The zero-order valence-corrected chi connectivity index (χ0v) is 16.2. The van der Waals surface area contributed by atoms with Crippen LogP contribution in [0.25, 0.3) is 10.8 Å². The lowest BCUT2D eigenvalue weighted by Crippen LogP contribution is -2.36. The molecule has 5 heteroatoms. The summed E-state index contributed by atoms with van der Waals surface area (Å²) < 4.78 is 5.54. The molecule has 4 aromatic carbocycles. The fraction of sp³-hybridized carbons (Fsp3) is 0.0400. The number of fused-ring (bicyclic) bond motifs is 1. The first kappa shape index (κ1) is 19.0. The molecule has 0 spiro atoms. The van der Waals surface area contributed by atoms with E-state index in [4.69, 9.17) is 10.00 Å². The van der Waals surface area contributed by atoms with Crippen LogP contribution >= 0.6 is 0 Å². The molecule has 0 bridgehead atoms. The van der Waals surface area contributed by atoms with Gasteiger partial charge in [-0.3, -0.25) is 5.43 Å². The highest BCUT2D eigenvalue weighted by Crippen LogP contribution is 2.24. The van der Waals surface area contributed by atoms with Crippen LogP contribution in [0, 0.1) is 11.3 Å². The van der Waals surface area contributed by atoms with Gasteiger partial charge >= 0.3 is 6.09 Å². The molecule has 0 atom stereocenters. The minimum absolute atomic E-state index is 0.156. The van der Waals surface area contributed by atoms with Crippen molar-refractivity contribution in [2.24, 2.45) is 0 Å². The summed E-state index contributed by atoms with van der Waals surface area (Å²) in [4.78, 5) is 13.0. The number of benzene rings is 4. The summed E-state index contributed by atoms with van der Waals surface area (Å²) in [5.74, 6) is 0. The van der Waals surface area contributed by atoms with Crippen LogP contribution in [0.15, 0.2) is 97.1 Å². The second-order valence-corrected chi connectivity index (χ2v) is 6.71. The number of hydrogen-bond acceptors (Lipinski definition) is 4. The lowest BCUT2D eigenvalue weighted by atomic mass is 10.1. The number of amides is 1. The average Bonchev–Trinajstić information content (AvgIpc) is 2.81. The molecule has 0 saturated carbocycles. The monoisotopic (exact) mass is 393 g/mol.